The maximum atomic E-state index is 12.3. The molecule has 0 heterocycles. The molecule has 1 amide bonds. The minimum Gasteiger partial charge on any atom is -0.497 e. The third-order valence-corrected chi connectivity index (χ3v) is 4.21. The van der Waals surface area contributed by atoms with Crippen LogP contribution in [0.4, 0.5) is 0 Å². The van der Waals surface area contributed by atoms with Crippen LogP contribution >= 0.6 is 24.8 Å². The molecule has 2 aromatic carbocycles. The van der Waals surface area contributed by atoms with Gasteiger partial charge in [0.25, 0.3) is 0 Å². The average Bonchev–Trinajstić information content (AvgIpc) is 2.62. The molecule has 5 nitrogen and oxygen atoms in total. The van der Waals surface area contributed by atoms with Crippen molar-refractivity contribution >= 4 is 30.7 Å². The van der Waals surface area contributed by atoms with Crippen LogP contribution in [0.15, 0.2) is 54.6 Å². The fraction of sp³-hybridized carbons (Fsp3) is 0.350. The van der Waals surface area contributed by atoms with Crippen LogP contribution in [-0.2, 0) is 11.2 Å². The predicted molar refractivity (Wildman–Crippen MR) is 115 cm³/mol. The number of nitrogens with zero attached hydrogens (tertiary/aromatic N) is 1. The largest absolute Gasteiger partial charge is 0.497 e. The number of carbonyl (C=O) groups excluding carboxylic acids is 1. The highest BCUT2D eigenvalue weighted by atomic mass is 35.5. The molecule has 150 valence electrons. The Balaban J connectivity index is 0.00000338. The average molecular weight is 414 g/mol. The normalized spacial score (nSPS) is 12.3. The van der Waals surface area contributed by atoms with Crippen LogP contribution in [0.1, 0.15) is 17.2 Å². The van der Waals surface area contributed by atoms with Crippen molar-refractivity contribution in [1.82, 2.24) is 10.2 Å². The van der Waals surface area contributed by atoms with E-state index in [0.717, 1.165) is 16.9 Å². The van der Waals surface area contributed by atoms with E-state index in [9.17, 15) is 4.79 Å². The smallest absolute Gasteiger partial charge is 0.237 e. The van der Waals surface area contributed by atoms with Crippen LogP contribution in [0.5, 0.6) is 5.75 Å². The zero-order valence-electron chi connectivity index (χ0n) is 15.9. The number of amides is 1. The molecule has 0 bridgehead atoms. The molecule has 0 fully saturated rings. The Hall–Kier alpha value is -1.79. The maximum absolute atomic E-state index is 12.3. The Morgan fingerprint density at radius 3 is 2.37 bits per heavy atom. The van der Waals surface area contributed by atoms with Crippen LogP contribution in [-0.4, -0.2) is 44.6 Å². The molecule has 0 aliphatic heterocycles. The first-order valence-corrected chi connectivity index (χ1v) is 8.39. The summed E-state index contributed by atoms with van der Waals surface area (Å²) in [5, 5.41) is 2.97. The van der Waals surface area contributed by atoms with Gasteiger partial charge in [-0.3, -0.25) is 4.79 Å². The number of carbonyl (C=O) groups is 1. The molecule has 0 aliphatic carbocycles. The Kier molecular flexibility index (Phi) is 11.7. The lowest BCUT2D eigenvalue weighted by Gasteiger charge is -2.26. The molecule has 2 atom stereocenters. The van der Waals surface area contributed by atoms with Crippen molar-refractivity contribution in [3.05, 3.63) is 65.7 Å². The fourth-order valence-electron chi connectivity index (χ4n) is 2.74. The second-order valence-electron chi connectivity index (χ2n) is 6.30. The molecule has 2 aromatic rings. The van der Waals surface area contributed by atoms with Gasteiger partial charge in [-0.2, -0.15) is 0 Å². The van der Waals surface area contributed by atoms with Crippen molar-refractivity contribution in [2.75, 3.05) is 27.7 Å². The number of ether oxygens (including phenoxy) is 1. The molecule has 0 saturated heterocycles. The molecule has 27 heavy (non-hydrogen) atoms. The molecule has 0 saturated carbocycles. The van der Waals surface area contributed by atoms with Crippen molar-refractivity contribution in [1.29, 1.82) is 0 Å². The van der Waals surface area contributed by atoms with Gasteiger partial charge in [0.2, 0.25) is 5.91 Å². The molecule has 0 aliphatic rings. The summed E-state index contributed by atoms with van der Waals surface area (Å²) < 4.78 is 5.29. The molecule has 3 N–H and O–H groups in total. The van der Waals surface area contributed by atoms with Crippen LogP contribution in [0, 0.1) is 0 Å². The van der Waals surface area contributed by atoms with Crippen LogP contribution in [0.25, 0.3) is 0 Å². The third-order valence-electron chi connectivity index (χ3n) is 4.21. The second kappa shape index (κ2) is 12.6. The number of nitrogens with one attached hydrogen (secondary N) is 1. The van der Waals surface area contributed by atoms with Gasteiger partial charge in [0.15, 0.2) is 0 Å². The van der Waals surface area contributed by atoms with E-state index in [1.165, 1.54) is 0 Å². The SMILES string of the molecule is COc1cccc(C(CNC(=O)C(N)Cc2ccccc2)N(C)C)c1.Cl.Cl. The van der Waals surface area contributed by atoms with Gasteiger partial charge in [0, 0.05) is 6.54 Å². The molecule has 0 aromatic heterocycles. The summed E-state index contributed by atoms with van der Waals surface area (Å²) in [5.74, 6) is 0.662. The lowest BCUT2D eigenvalue weighted by molar-refractivity contribution is -0.122. The minimum atomic E-state index is -0.560. The van der Waals surface area contributed by atoms with Crippen LogP contribution < -0.4 is 15.8 Å². The number of hydrogen-bond donors (Lipinski definition) is 2. The minimum absolute atomic E-state index is 0. The molecular weight excluding hydrogens is 385 g/mol. The van der Waals surface area contributed by atoms with Gasteiger partial charge in [0.05, 0.1) is 19.2 Å². The Bertz CT molecular complexity index is 684. The number of benzene rings is 2. The number of hydrogen-bond acceptors (Lipinski definition) is 4. The first-order valence-electron chi connectivity index (χ1n) is 8.39. The molecule has 0 radical (unpaired) electrons. The summed E-state index contributed by atoms with van der Waals surface area (Å²) in [6.45, 7) is 0.488. The van der Waals surface area contributed by atoms with Crippen molar-refractivity contribution in [2.45, 2.75) is 18.5 Å². The number of rotatable bonds is 8. The summed E-state index contributed by atoms with van der Waals surface area (Å²) in [6, 6.07) is 17.2. The highest BCUT2D eigenvalue weighted by Crippen LogP contribution is 2.22. The van der Waals surface area contributed by atoms with E-state index in [-0.39, 0.29) is 36.8 Å². The molecular formula is C20H29Cl2N3O2. The van der Waals surface area contributed by atoms with Gasteiger partial charge in [-0.25, -0.2) is 0 Å². The predicted octanol–water partition coefficient (Wildman–Crippen LogP) is 2.83. The molecule has 2 rings (SSSR count). The first kappa shape index (κ1) is 25.2. The van der Waals surface area contributed by atoms with Crippen LogP contribution in [0.3, 0.4) is 0 Å². The van der Waals surface area contributed by atoms with E-state index in [1.807, 2.05) is 68.7 Å². The number of nitrogens with two attached hydrogens (primary N) is 1. The van der Waals surface area contributed by atoms with E-state index >= 15 is 0 Å². The Labute approximate surface area is 174 Å². The first-order chi connectivity index (χ1) is 12.0. The van der Waals surface area contributed by atoms with Gasteiger partial charge in [0.1, 0.15) is 5.75 Å². The van der Waals surface area contributed by atoms with Gasteiger partial charge in [-0.15, -0.1) is 24.8 Å². The van der Waals surface area contributed by atoms with Crippen molar-refractivity contribution < 1.29 is 9.53 Å². The summed E-state index contributed by atoms with van der Waals surface area (Å²) >= 11 is 0. The van der Waals surface area contributed by atoms with Gasteiger partial charge >= 0.3 is 0 Å². The summed E-state index contributed by atoms with van der Waals surface area (Å²) in [7, 11) is 5.62. The summed E-state index contributed by atoms with van der Waals surface area (Å²) in [6.07, 6.45) is 0.526. The number of methoxy groups -OCH3 is 1. The Morgan fingerprint density at radius 2 is 1.78 bits per heavy atom. The zero-order chi connectivity index (χ0) is 18.2. The lowest BCUT2D eigenvalue weighted by atomic mass is 10.0. The topological polar surface area (TPSA) is 67.6 Å². The van der Waals surface area contributed by atoms with Gasteiger partial charge in [-0.1, -0.05) is 42.5 Å². The van der Waals surface area contributed by atoms with Crippen molar-refractivity contribution in [2.24, 2.45) is 5.73 Å². The number of halogens is 2. The van der Waals surface area contributed by atoms with Gasteiger partial charge in [-0.05, 0) is 43.8 Å². The monoisotopic (exact) mass is 413 g/mol. The molecule has 0 spiro atoms. The van der Waals surface area contributed by atoms with E-state index in [1.54, 1.807) is 7.11 Å². The van der Waals surface area contributed by atoms with Gasteiger partial charge < -0.3 is 20.7 Å². The van der Waals surface area contributed by atoms with Crippen molar-refractivity contribution in [3.8, 4) is 5.75 Å². The van der Waals surface area contributed by atoms with Crippen molar-refractivity contribution in [3.63, 3.8) is 0 Å². The van der Waals surface area contributed by atoms with E-state index < -0.39 is 6.04 Å². The molecule has 2 unspecified atom stereocenters. The zero-order valence-corrected chi connectivity index (χ0v) is 17.6. The summed E-state index contributed by atoms with van der Waals surface area (Å²) in [4.78, 5) is 14.4. The molecule has 7 heteroatoms. The second-order valence-corrected chi connectivity index (χ2v) is 6.30. The van der Waals surface area contributed by atoms with Crippen LogP contribution in [0.2, 0.25) is 0 Å². The summed E-state index contributed by atoms with van der Waals surface area (Å²) in [5.41, 5.74) is 8.19. The third kappa shape index (κ3) is 7.77. The van der Waals surface area contributed by atoms with E-state index in [4.69, 9.17) is 10.5 Å². The Morgan fingerprint density at radius 1 is 1.11 bits per heavy atom. The quantitative estimate of drug-likeness (QED) is 0.697. The number of likely N-dealkylation sites (N-methyl/N-ethyl adjacent to an activating group) is 1. The standard InChI is InChI=1S/C20H27N3O2.2ClH/c1-23(2)19(16-10-7-11-17(13-16)25-3)14-22-20(24)18(21)12-15-8-5-4-6-9-15;;/h4-11,13,18-19H,12,14,21H2,1-3H3,(H,22,24);2*1H. The highest BCUT2D eigenvalue weighted by molar-refractivity contribution is 5.85. The lowest BCUT2D eigenvalue weighted by Crippen LogP contribution is -2.44. The highest BCUT2D eigenvalue weighted by Gasteiger charge is 2.19. The maximum Gasteiger partial charge on any atom is 0.237 e. The van der Waals surface area contributed by atoms with E-state index in [2.05, 4.69) is 10.2 Å². The fourth-order valence-corrected chi connectivity index (χ4v) is 2.74. The van der Waals surface area contributed by atoms with E-state index in [0.29, 0.717) is 13.0 Å².